The summed E-state index contributed by atoms with van der Waals surface area (Å²) in [5.41, 5.74) is 3.20. The van der Waals surface area contributed by atoms with Crippen molar-refractivity contribution in [3.63, 3.8) is 0 Å². The number of carbonyl (C=O) groups excluding carboxylic acids is 1. The first kappa shape index (κ1) is 22.5. The van der Waals surface area contributed by atoms with Crippen molar-refractivity contribution in [1.29, 1.82) is 0 Å². The molecular formula is C20H21BrClFN4O3. The highest BCUT2D eigenvalue weighted by molar-refractivity contribution is 9.10. The highest BCUT2D eigenvalue weighted by Gasteiger charge is 2.23. The summed E-state index contributed by atoms with van der Waals surface area (Å²) >= 11 is 9.58. The Labute approximate surface area is 186 Å². The zero-order valence-electron chi connectivity index (χ0n) is 16.4. The summed E-state index contributed by atoms with van der Waals surface area (Å²) in [7, 11) is 0. The lowest BCUT2D eigenvalue weighted by Crippen LogP contribution is -2.26. The zero-order chi connectivity index (χ0) is 21.8. The third-order valence-electron chi connectivity index (χ3n) is 4.21. The van der Waals surface area contributed by atoms with E-state index in [-0.39, 0.29) is 30.0 Å². The average molecular weight is 500 g/mol. The van der Waals surface area contributed by atoms with E-state index in [2.05, 4.69) is 31.7 Å². The largest absolute Gasteiger partial charge is 0.394 e. The fourth-order valence-corrected chi connectivity index (χ4v) is 3.66. The first-order chi connectivity index (χ1) is 14.3. The number of hydrogen-bond acceptors (Lipinski definition) is 5. The molecule has 0 saturated heterocycles. The summed E-state index contributed by atoms with van der Waals surface area (Å²) in [6.07, 6.45) is 1.55. The Kier molecular flexibility index (Phi) is 7.30. The molecule has 7 nitrogen and oxygen atoms in total. The number of benzene rings is 2. The van der Waals surface area contributed by atoms with Crippen molar-refractivity contribution in [2.45, 2.75) is 20.4 Å². The Bertz CT molecular complexity index is 1070. The van der Waals surface area contributed by atoms with Crippen LogP contribution in [0.3, 0.4) is 0 Å². The minimum absolute atomic E-state index is 0.0161. The maximum atomic E-state index is 15.5. The van der Waals surface area contributed by atoms with Crippen LogP contribution < -0.4 is 10.8 Å². The van der Waals surface area contributed by atoms with Crippen LogP contribution in [0.15, 0.2) is 35.1 Å². The molecular weight excluding hydrogens is 479 g/mol. The first-order valence-corrected chi connectivity index (χ1v) is 10.4. The molecule has 0 saturated carbocycles. The number of aliphatic hydroxyl groups is 1. The van der Waals surface area contributed by atoms with Gasteiger partial charge in [0.2, 0.25) is 0 Å². The van der Waals surface area contributed by atoms with Crippen molar-refractivity contribution in [2.24, 2.45) is 5.92 Å². The smallest absolute Gasteiger partial charge is 0.277 e. The number of imidazole rings is 1. The number of anilines is 2. The van der Waals surface area contributed by atoms with Crippen molar-refractivity contribution >= 4 is 55.8 Å². The number of aliphatic hydroxyl groups excluding tert-OH is 1. The Morgan fingerprint density at radius 1 is 1.40 bits per heavy atom. The Morgan fingerprint density at radius 2 is 2.17 bits per heavy atom. The minimum atomic E-state index is -0.679. The fourth-order valence-electron chi connectivity index (χ4n) is 2.94. The van der Waals surface area contributed by atoms with Crippen LogP contribution in [0.1, 0.15) is 24.2 Å². The minimum Gasteiger partial charge on any atom is -0.394 e. The molecule has 0 unspecified atom stereocenters. The molecule has 3 rings (SSSR count). The number of carbonyl (C=O) groups is 1. The van der Waals surface area contributed by atoms with Crippen LogP contribution in [0.4, 0.5) is 15.8 Å². The second-order valence-electron chi connectivity index (χ2n) is 7.02. The van der Waals surface area contributed by atoms with E-state index in [9.17, 15) is 4.79 Å². The molecule has 1 amide bonds. The topological polar surface area (TPSA) is 88.4 Å². The normalized spacial score (nSPS) is 11.3. The molecule has 1 aromatic heterocycles. The molecule has 0 aliphatic heterocycles. The average Bonchev–Trinajstić information content (AvgIpc) is 3.08. The summed E-state index contributed by atoms with van der Waals surface area (Å²) in [6.45, 7) is 4.31. The predicted octanol–water partition coefficient (Wildman–Crippen LogP) is 4.64. The Balaban J connectivity index is 2.11. The van der Waals surface area contributed by atoms with Crippen molar-refractivity contribution in [2.75, 3.05) is 18.5 Å². The molecule has 3 N–H and O–H groups in total. The van der Waals surface area contributed by atoms with Gasteiger partial charge in [-0.1, -0.05) is 41.4 Å². The van der Waals surface area contributed by atoms with Crippen LogP contribution in [0.5, 0.6) is 0 Å². The van der Waals surface area contributed by atoms with E-state index in [1.807, 2.05) is 13.8 Å². The van der Waals surface area contributed by atoms with E-state index in [1.165, 1.54) is 0 Å². The number of amides is 1. The molecule has 0 aliphatic rings. The third-order valence-corrected chi connectivity index (χ3v) is 5.02. The van der Waals surface area contributed by atoms with E-state index in [1.54, 1.807) is 35.2 Å². The van der Waals surface area contributed by atoms with E-state index in [4.69, 9.17) is 21.5 Å². The maximum Gasteiger partial charge on any atom is 0.277 e. The van der Waals surface area contributed by atoms with Gasteiger partial charge in [0.25, 0.3) is 5.91 Å². The molecule has 2 aromatic carbocycles. The summed E-state index contributed by atoms with van der Waals surface area (Å²) < 4.78 is 18.0. The van der Waals surface area contributed by atoms with Gasteiger partial charge in [-0.05, 0) is 30.2 Å². The number of fused-ring (bicyclic) bond motifs is 1. The van der Waals surface area contributed by atoms with Gasteiger partial charge in [-0.2, -0.15) is 0 Å². The van der Waals surface area contributed by atoms with Crippen molar-refractivity contribution < 1.29 is 19.1 Å². The number of rotatable bonds is 8. The lowest BCUT2D eigenvalue weighted by atomic mass is 10.1. The van der Waals surface area contributed by atoms with Crippen molar-refractivity contribution in [3.8, 4) is 0 Å². The van der Waals surface area contributed by atoms with Gasteiger partial charge in [0.05, 0.1) is 47.0 Å². The predicted molar refractivity (Wildman–Crippen MR) is 117 cm³/mol. The van der Waals surface area contributed by atoms with Gasteiger partial charge in [-0.15, -0.1) is 0 Å². The molecule has 0 radical (unpaired) electrons. The van der Waals surface area contributed by atoms with E-state index in [0.29, 0.717) is 28.7 Å². The van der Waals surface area contributed by atoms with Crippen LogP contribution in [0.2, 0.25) is 5.02 Å². The molecule has 0 bridgehead atoms. The van der Waals surface area contributed by atoms with Crippen molar-refractivity contribution in [1.82, 2.24) is 15.0 Å². The molecule has 30 heavy (non-hydrogen) atoms. The third kappa shape index (κ3) is 4.92. The van der Waals surface area contributed by atoms with Gasteiger partial charge >= 0.3 is 0 Å². The highest BCUT2D eigenvalue weighted by atomic mass is 79.9. The van der Waals surface area contributed by atoms with Crippen LogP contribution >= 0.6 is 27.5 Å². The van der Waals surface area contributed by atoms with Gasteiger partial charge in [-0.25, -0.2) is 14.9 Å². The van der Waals surface area contributed by atoms with Gasteiger partial charge in [0, 0.05) is 11.0 Å². The second kappa shape index (κ2) is 9.74. The summed E-state index contributed by atoms with van der Waals surface area (Å²) in [5, 5.41) is 12.1. The number of halogens is 3. The molecule has 0 fully saturated rings. The fraction of sp³-hybridized carbons (Fsp3) is 0.300. The van der Waals surface area contributed by atoms with Crippen LogP contribution in [-0.2, 0) is 11.4 Å². The van der Waals surface area contributed by atoms with Crippen LogP contribution in [0.25, 0.3) is 11.0 Å². The van der Waals surface area contributed by atoms with Crippen LogP contribution in [-0.4, -0.2) is 33.8 Å². The quantitative estimate of drug-likeness (QED) is 0.310. The number of nitrogens with zero attached hydrogens (tertiary/aromatic N) is 2. The highest BCUT2D eigenvalue weighted by Crippen LogP contribution is 2.34. The molecule has 160 valence electrons. The van der Waals surface area contributed by atoms with Gasteiger partial charge in [0.1, 0.15) is 5.52 Å². The molecule has 3 aromatic rings. The summed E-state index contributed by atoms with van der Waals surface area (Å²) in [6, 6.07) is 6.62. The van der Waals surface area contributed by atoms with Crippen molar-refractivity contribution in [3.05, 3.63) is 51.5 Å². The molecule has 1 heterocycles. The van der Waals surface area contributed by atoms with Crippen LogP contribution in [0, 0.1) is 11.7 Å². The molecule has 0 atom stereocenters. The molecule has 0 spiro atoms. The molecule has 0 aliphatic carbocycles. The SMILES string of the molecule is CC(C)Cn1cnc2c(F)c(Nc3ccc(Br)cc3Cl)c(C(=O)NOCCO)cc21. The standard InChI is InChI=1S/C20H21BrClFN4O3/c1-11(2)9-27-10-24-19-16(27)8-13(20(29)26-30-6-5-28)18(17(19)23)25-15-4-3-12(21)7-14(15)22/h3-4,7-8,10-11,25,28H,5-6,9H2,1-2H3,(H,26,29). The number of hydrogen-bond donors (Lipinski definition) is 3. The Morgan fingerprint density at radius 3 is 2.83 bits per heavy atom. The number of hydroxylamine groups is 1. The van der Waals surface area contributed by atoms with E-state index >= 15 is 4.39 Å². The monoisotopic (exact) mass is 498 g/mol. The summed E-state index contributed by atoms with van der Waals surface area (Å²) in [4.78, 5) is 21.8. The Hall–Kier alpha value is -2.20. The lowest BCUT2D eigenvalue weighted by molar-refractivity contribution is 0.0169. The lowest BCUT2D eigenvalue weighted by Gasteiger charge is -2.16. The number of nitrogens with one attached hydrogen (secondary N) is 2. The van der Waals surface area contributed by atoms with Gasteiger partial charge in [-0.3, -0.25) is 9.63 Å². The second-order valence-corrected chi connectivity index (χ2v) is 8.35. The van der Waals surface area contributed by atoms with Gasteiger partial charge < -0.3 is 15.0 Å². The number of aromatic nitrogens is 2. The summed E-state index contributed by atoms with van der Waals surface area (Å²) in [5.74, 6) is -1.05. The zero-order valence-corrected chi connectivity index (χ0v) is 18.7. The first-order valence-electron chi connectivity index (χ1n) is 9.24. The molecule has 10 heteroatoms. The van der Waals surface area contributed by atoms with E-state index < -0.39 is 11.7 Å². The maximum absolute atomic E-state index is 15.5. The van der Waals surface area contributed by atoms with E-state index in [0.717, 1.165) is 4.47 Å². The van der Waals surface area contributed by atoms with Gasteiger partial charge in [0.15, 0.2) is 5.82 Å².